The lowest BCUT2D eigenvalue weighted by Crippen LogP contribution is -2.11. The van der Waals surface area contributed by atoms with Crippen LogP contribution >= 0.6 is 27.5 Å². The lowest BCUT2D eigenvalue weighted by Gasteiger charge is -2.10. The van der Waals surface area contributed by atoms with Gasteiger partial charge in [-0.15, -0.1) is 0 Å². The second-order valence-electron chi connectivity index (χ2n) is 4.25. The van der Waals surface area contributed by atoms with Crippen molar-refractivity contribution < 1.29 is 14.3 Å². The van der Waals surface area contributed by atoms with E-state index in [0.29, 0.717) is 16.1 Å². The van der Waals surface area contributed by atoms with Crippen molar-refractivity contribution in [2.24, 2.45) is 0 Å². The molecule has 2 aromatic rings. The number of benzene rings is 2. The molecule has 110 valence electrons. The normalized spacial score (nSPS) is 10.2. The van der Waals surface area contributed by atoms with Gasteiger partial charge in [-0.05, 0) is 42.3 Å². The van der Waals surface area contributed by atoms with E-state index in [9.17, 15) is 4.79 Å². The van der Waals surface area contributed by atoms with Crippen LogP contribution in [0.15, 0.2) is 42.5 Å². The molecule has 0 saturated carbocycles. The van der Waals surface area contributed by atoms with Crippen LogP contribution in [-0.2, 0) is 10.1 Å². The molecule has 0 aromatic heterocycles. The van der Waals surface area contributed by atoms with Gasteiger partial charge in [-0.2, -0.15) is 0 Å². The molecule has 0 aliphatic heterocycles. The molecule has 0 atom stereocenters. The first-order valence-corrected chi connectivity index (χ1v) is 7.93. The van der Waals surface area contributed by atoms with Gasteiger partial charge >= 0.3 is 6.16 Å². The van der Waals surface area contributed by atoms with Gasteiger partial charge in [0.1, 0.15) is 5.75 Å². The van der Waals surface area contributed by atoms with Crippen molar-refractivity contribution in [2.45, 2.75) is 12.3 Å². The highest BCUT2D eigenvalue weighted by molar-refractivity contribution is 9.08. The van der Waals surface area contributed by atoms with Crippen molar-refractivity contribution in [3.05, 3.63) is 53.1 Å². The number of ether oxygens (including phenoxy) is 2. The van der Waals surface area contributed by atoms with E-state index in [1.807, 2.05) is 36.4 Å². The predicted molar refractivity (Wildman–Crippen MR) is 87.2 cm³/mol. The summed E-state index contributed by atoms with van der Waals surface area (Å²) in [5, 5.41) is 1.27. The minimum Gasteiger partial charge on any atom is -0.434 e. The quantitative estimate of drug-likeness (QED) is 0.409. The van der Waals surface area contributed by atoms with E-state index < -0.39 is 6.16 Å². The maximum absolute atomic E-state index is 11.4. The second-order valence-corrected chi connectivity index (χ2v) is 5.25. The molecular weight excluding hydrogens is 356 g/mol. The van der Waals surface area contributed by atoms with Crippen molar-refractivity contribution >= 4 is 33.7 Å². The number of carbonyl (C=O) groups excluding carboxylic acids is 1. The van der Waals surface area contributed by atoms with Crippen LogP contribution in [-0.4, -0.2) is 12.8 Å². The summed E-state index contributed by atoms with van der Waals surface area (Å²) in [6, 6.07) is 13.2. The molecule has 0 heterocycles. The van der Waals surface area contributed by atoms with Crippen LogP contribution in [0.1, 0.15) is 12.5 Å². The SMILES string of the molecule is CCOC(=O)Oc1ccc(-c2ccc(Cl)cc2)cc1CBr. The Labute approximate surface area is 137 Å². The lowest BCUT2D eigenvalue weighted by molar-refractivity contribution is 0.104. The van der Waals surface area contributed by atoms with Crippen LogP contribution in [0.25, 0.3) is 11.1 Å². The Morgan fingerprint density at radius 2 is 1.81 bits per heavy atom. The van der Waals surface area contributed by atoms with Crippen LogP contribution in [0.5, 0.6) is 5.75 Å². The van der Waals surface area contributed by atoms with E-state index in [-0.39, 0.29) is 6.61 Å². The zero-order valence-corrected chi connectivity index (χ0v) is 13.8. The third kappa shape index (κ3) is 4.22. The maximum Gasteiger partial charge on any atom is 0.513 e. The molecule has 2 aromatic carbocycles. The zero-order valence-electron chi connectivity index (χ0n) is 11.4. The Morgan fingerprint density at radius 3 is 2.43 bits per heavy atom. The number of hydrogen-bond donors (Lipinski definition) is 0. The predicted octanol–water partition coefficient (Wildman–Crippen LogP) is 5.44. The van der Waals surface area contributed by atoms with Crippen molar-refractivity contribution in [3.63, 3.8) is 0 Å². The molecular formula is C16H14BrClO3. The molecule has 0 radical (unpaired) electrons. The van der Waals surface area contributed by atoms with Crippen molar-refractivity contribution in [1.82, 2.24) is 0 Å². The van der Waals surface area contributed by atoms with E-state index >= 15 is 0 Å². The van der Waals surface area contributed by atoms with Gasteiger partial charge in [-0.25, -0.2) is 4.79 Å². The molecule has 0 amide bonds. The molecule has 0 N–H and O–H groups in total. The fourth-order valence-electron chi connectivity index (χ4n) is 1.84. The van der Waals surface area contributed by atoms with E-state index in [1.54, 1.807) is 13.0 Å². The molecule has 5 heteroatoms. The Kier molecular flexibility index (Phi) is 5.65. The molecule has 0 saturated heterocycles. The van der Waals surface area contributed by atoms with Gasteiger partial charge in [0.05, 0.1) is 6.61 Å². The van der Waals surface area contributed by atoms with Crippen LogP contribution < -0.4 is 4.74 Å². The monoisotopic (exact) mass is 368 g/mol. The Bertz CT molecular complexity index is 626. The third-order valence-corrected chi connectivity index (χ3v) is 3.69. The van der Waals surface area contributed by atoms with Gasteiger partial charge in [0, 0.05) is 15.9 Å². The van der Waals surface area contributed by atoms with Crippen LogP contribution in [0.4, 0.5) is 4.79 Å². The Morgan fingerprint density at radius 1 is 1.14 bits per heavy atom. The number of halogens is 2. The highest BCUT2D eigenvalue weighted by atomic mass is 79.9. The number of rotatable bonds is 4. The third-order valence-electron chi connectivity index (χ3n) is 2.84. The molecule has 0 bridgehead atoms. The molecule has 2 rings (SSSR count). The summed E-state index contributed by atoms with van der Waals surface area (Å²) >= 11 is 9.29. The van der Waals surface area contributed by atoms with Gasteiger partial charge in [0.2, 0.25) is 0 Å². The molecule has 0 unspecified atom stereocenters. The molecule has 3 nitrogen and oxygen atoms in total. The smallest absolute Gasteiger partial charge is 0.434 e. The van der Waals surface area contributed by atoms with E-state index in [2.05, 4.69) is 15.9 Å². The molecule has 0 aliphatic carbocycles. The topological polar surface area (TPSA) is 35.5 Å². The summed E-state index contributed by atoms with van der Waals surface area (Å²) in [5.41, 5.74) is 2.94. The number of hydrogen-bond acceptors (Lipinski definition) is 3. The number of carbonyl (C=O) groups is 1. The van der Waals surface area contributed by atoms with Gasteiger partial charge in [-0.1, -0.05) is 45.7 Å². The lowest BCUT2D eigenvalue weighted by atomic mass is 10.0. The highest BCUT2D eigenvalue weighted by Crippen LogP contribution is 2.29. The standard InChI is InChI=1S/C16H14BrClO3/c1-2-20-16(19)21-15-8-5-12(9-13(15)10-17)11-3-6-14(18)7-4-11/h3-9H,2,10H2,1H3. The van der Waals surface area contributed by atoms with E-state index in [4.69, 9.17) is 21.1 Å². The van der Waals surface area contributed by atoms with Crippen molar-refractivity contribution in [3.8, 4) is 16.9 Å². The largest absolute Gasteiger partial charge is 0.513 e. The molecule has 0 fully saturated rings. The van der Waals surface area contributed by atoms with Crippen molar-refractivity contribution in [2.75, 3.05) is 6.61 Å². The minimum atomic E-state index is -0.695. The fourth-order valence-corrected chi connectivity index (χ4v) is 2.41. The van der Waals surface area contributed by atoms with Gasteiger partial charge in [0.25, 0.3) is 0 Å². The van der Waals surface area contributed by atoms with Gasteiger partial charge < -0.3 is 9.47 Å². The molecule has 0 aliphatic rings. The fraction of sp³-hybridized carbons (Fsp3) is 0.188. The van der Waals surface area contributed by atoms with Gasteiger partial charge in [0.15, 0.2) is 0 Å². The summed E-state index contributed by atoms with van der Waals surface area (Å²) in [5.74, 6) is 0.489. The van der Waals surface area contributed by atoms with Crippen LogP contribution in [0, 0.1) is 0 Å². The summed E-state index contributed by atoms with van der Waals surface area (Å²) in [6.45, 7) is 2.02. The average molecular weight is 370 g/mol. The summed E-state index contributed by atoms with van der Waals surface area (Å²) in [6.07, 6.45) is -0.695. The first-order valence-electron chi connectivity index (χ1n) is 6.43. The summed E-state index contributed by atoms with van der Waals surface area (Å²) < 4.78 is 9.96. The minimum absolute atomic E-state index is 0.283. The first-order chi connectivity index (χ1) is 10.1. The van der Waals surface area contributed by atoms with E-state index in [0.717, 1.165) is 16.7 Å². The summed E-state index contributed by atoms with van der Waals surface area (Å²) in [7, 11) is 0. The highest BCUT2D eigenvalue weighted by Gasteiger charge is 2.11. The zero-order chi connectivity index (χ0) is 15.2. The number of alkyl halides is 1. The van der Waals surface area contributed by atoms with Gasteiger partial charge in [-0.3, -0.25) is 0 Å². The molecule has 0 spiro atoms. The van der Waals surface area contributed by atoms with Crippen LogP contribution in [0.2, 0.25) is 5.02 Å². The van der Waals surface area contributed by atoms with Crippen LogP contribution in [0.3, 0.4) is 0 Å². The molecule has 21 heavy (non-hydrogen) atoms. The van der Waals surface area contributed by atoms with E-state index in [1.165, 1.54) is 0 Å². The summed E-state index contributed by atoms with van der Waals surface area (Å²) in [4.78, 5) is 11.4. The average Bonchev–Trinajstić information content (AvgIpc) is 2.49. The Balaban J connectivity index is 2.27. The second kappa shape index (κ2) is 7.48. The first kappa shape index (κ1) is 15.9. The van der Waals surface area contributed by atoms with Crippen molar-refractivity contribution in [1.29, 1.82) is 0 Å². The Hall–Kier alpha value is -1.52. The maximum atomic E-state index is 11.4.